The van der Waals surface area contributed by atoms with Gasteiger partial charge in [0, 0.05) is 17.5 Å². The molecule has 2 aromatic carbocycles. The summed E-state index contributed by atoms with van der Waals surface area (Å²) in [7, 11) is 1.57. The van der Waals surface area contributed by atoms with Crippen molar-refractivity contribution in [2.45, 2.75) is 33.1 Å². The van der Waals surface area contributed by atoms with Gasteiger partial charge in [-0.15, -0.1) is 0 Å². The molecule has 0 fully saturated rings. The lowest BCUT2D eigenvalue weighted by atomic mass is 9.98. The average molecular weight is 445 g/mol. The Hall–Kier alpha value is -3.19. The number of aromatic nitrogens is 1. The molecule has 0 aliphatic heterocycles. The Morgan fingerprint density at radius 2 is 1.90 bits per heavy atom. The third kappa shape index (κ3) is 4.77. The molecule has 0 radical (unpaired) electrons. The lowest BCUT2D eigenvalue weighted by Gasteiger charge is -2.13. The van der Waals surface area contributed by atoms with Gasteiger partial charge >= 0.3 is 0 Å². The normalized spacial score (nSPS) is 11.9. The Labute approximate surface area is 185 Å². The molecule has 0 saturated heterocycles. The number of nitrogens with one attached hydrogen (secondary N) is 1. The lowest BCUT2D eigenvalue weighted by molar-refractivity contribution is -0.120. The number of phenols is 2. The first-order valence-corrected chi connectivity index (χ1v) is 10.4. The van der Waals surface area contributed by atoms with Crippen LogP contribution >= 0.6 is 11.6 Å². The van der Waals surface area contributed by atoms with E-state index < -0.39 is 0 Å². The minimum Gasteiger partial charge on any atom is -0.507 e. The molecule has 0 aliphatic rings. The zero-order chi connectivity index (χ0) is 22.5. The molecular formula is C23H25ClN2O5. The number of anilines is 1. The molecule has 0 spiro atoms. The van der Waals surface area contributed by atoms with Crippen LogP contribution in [0.15, 0.2) is 40.9 Å². The predicted molar refractivity (Wildman–Crippen MR) is 120 cm³/mol. The predicted octanol–water partition coefficient (Wildman–Crippen LogP) is 5.85. The molecule has 3 N–H and O–H groups in total. The van der Waals surface area contributed by atoms with Crippen LogP contribution in [0, 0.1) is 5.92 Å². The summed E-state index contributed by atoms with van der Waals surface area (Å²) in [5.74, 6) is 0.0466. The first-order valence-electron chi connectivity index (χ1n) is 10.1. The number of hydrogen-bond acceptors (Lipinski definition) is 6. The topological polar surface area (TPSA) is 105 Å². The van der Waals surface area contributed by atoms with Crippen LogP contribution in [0.25, 0.3) is 22.4 Å². The van der Waals surface area contributed by atoms with E-state index in [2.05, 4.69) is 10.5 Å². The smallest absolute Gasteiger partial charge is 0.239 e. The third-order valence-corrected chi connectivity index (χ3v) is 5.43. The molecule has 7 nitrogen and oxygen atoms in total. The Morgan fingerprint density at radius 1 is 1.19 bits per heavy atom. The average Bonchev–Trinajstić information content (AvgIpc) is 3.17. The Kier molecular flexibility index (Phi) is 7.07. The van der Waals surface area contributed by atoms with Crippen LogP contribution in [-0.2, 0) is 4.79 Å². The van der Waals surface area contributed by atoms with Gasteiger partial charge in [0.2, 0.25) is 11.8 Å². The molecule has 3 rings (SSSR count). The summed E-state index contributed by atoms with van der Waals surface area (Å²) in [6.07, 6.45) is 2.35. The van der Waals surface area contributed by atoms with E-state index in [-0.39, 0.29) is 45.5 Å². The van der Waals surface area contributed by atoms with E-state index in [4.69, 9.17) is 20.9 Å². The van der Waals surface area contributed by atoms with E-state index in [0.29, 0.717) is 23.3 Å². The number of hydrogen-bond donors (Lipinski definition) is 3. The maximum absolute atomic E-state index is 12.8. The second-order valence-electron chi connectivity index (χ2n) is 7.17. The fourth-order valence-electron chi connectivity index (χ4n) is 3.41. The molecule has 0 bridgehead atoms. The Morgan fingerprint density at radius 3 is 2.52 bits per heavy atom. The summed E-state index contributed by atoms with van der Waals surface area (Å²) < 4.78 is 10.7. The summed E-state index contributed by atoms with van der Waals surface area (Å²) in [5, 5.41) is 27.2. The number of ether oxygens (including phenoxy) is 1. The molecule has 1 amide bonds. The molecule has 8 heteroatoms. The molecule has 31 heavy (non-hydrogen) atoms. The highest BCUT2D eigenvalue weighted by Crippen LogP contribution is 2.44. The van der Waals surface area contributed by atoms with Gasteiger partial charge in [-0.05, 0) is 36.6 Å². The van der Waals surface area contributed by atoms with Gasteiger partial charge in [0.1, 0.15) is 22.9 Å². The zero-order valence-electron chi connectivity index (χ0n) is 17.6. The second kappa shape index (κ2) is 9.75. The highest BCUT2D eigenvalue weighted by molar-refractivity contribution is 6.32. The second-order valence-corrected chi connectivity index (χ2v) is 7.57. The van der Waals surface area contributed by atoms with Crippen LogP contribution in [-0.4, -0.2) is 28.4 Å². The van der Waals surface area contributed by atoms with Gasteiger partial charge in [0.15, 0.2) is 0 Å². The lowest BCUT2D eigenvalue weighted by Crippen LogP contribution is -2.22. The summed E-state index contributed by atoms with van der Waals surface area (Å²) >= 11 is 6.05. The van der Waals surface area contributed by atoms with E-state index in [1.165, 1.54) is 6.07 Å². The van der Waals surface area contributed by atoms with Gasteiger partial charge < -0.3 is 19.5 Å². The Balaban J connectivity index is 2.12. The van der Waals surface area contributed by atoms with Crippen molar-refractivity contribution in [3.05, 3.63) is 41.4 Å². The number of benzene rings is 2. The fraction of sp³-hybridized carbons (Fsp3) is 0.304. The van der Waals surface area contributed by atoms with E-state index in [1.54, 1.807) is 31.4 Å². The molecule has 0 aliphatic carbocycles. The van der Waals surface area contributed by atoms with Crippen LogP contribution in [0.4, 0.5) is 5.88 Å². The zero-order valence-corrected chi connectivity index (χ0v) is 18.4. The molecule has 164 valence electrons. The van der Waals surface area contributed by atoms with Gasteiger partial charge in [-0.1, -0.05) is 49.2 Å². The maximum atomic E-state index is 12.8. The molecule has 1 atom stereocenters. The molecular weight excluding hydrogens is 420 g/mol. The highest BCUT2D eigenvalue weighted by atomic mass is 35.5. The van der Waals surface area contributed by atoms with Crippen molar-refractivity contribution < 1.29 is 24.3 Å². The number of methoxy groups -OCH3 is 1. The number of nitrogens with zero attached hydrogens (tertiary/aromatic N) is 1. The van der Waals surface area contributed by atoms with Gasteiger partial charge in [-0.25, -0.2) is 0 Å². The number of carbonyl (C=O) groups is 1. The van der Waals surface area contributed by atoms with Crippen molar-refractivity contribution in [3.8, 4) is 39.6 Å². The van der Waals surface area contributed by atoms with Gasteiger partial charge in [-0.2, -0.15) is 0 Å². The van der Waals surface area contributed by atoms with Crippen molar-refractivity contribution >= 4 is 23.4 Å². The largest absolute Gasteiger partial charge is 0.507 e. The van der Waals surface area contributed by atoms with Crippen LogP contribution in [0.3, 0.4) is 0 Å². The third-order valence-electron chi connectivity index (χ3n) is 5.13. The minimum atomic E-state index is -0.253. The number of aromatic hydroxyl groups is 2. The number of amides is 1. The summed E-state index contributed by atoms with van der Waals surface area (Å²) in [5.41, 5.74) is 1.72. The number of rotatable bonds is 8. The maximum Gasteiger partial charge on any atom is 0.239 e. The van der Waals surface area contributed by atoms with E-state index in [1.807, 2.05) is 13.8 Å². The number of halogens is 1. The quantitative estimate of drug-likeness (QED) is 0.402. The molecule has 1 heterocycles. The summed E-state index contributed by atoms with van der Waals surface area (Å²) in [6, 6.07) is 9.67. The van der Waals surface area contributed by atoms with Crippen LogP contribution in [0.1, 0.15) is 33.1 Å². The molecule has 1 unspecified atom stereocenters. The van der Waals surface area contributed by atoms with Crippen molar-refractivity contribution in [2.24, 2.45) is 5.92 Å². The monoisotopic (exact) mass is 444 g/mol. The van der Waals surface area contributed by atoms with Crippen molar-refractivity contribution in [1.29, 1.82) is 0 Å². The van der Waals surface area contributed by atoms with Gasteiger partial charge in [-0.3, -0.25) is 10.1 Å². The first-order chi connectivity index (χ1) is 14.9. The summed E-state index contributed by atoms with van der Waals surface area (Å²) in [6.45, 7) is 4.00. The number of phenolic OH excluding ortho intramolecular Hbond substituents is 2. The molecule has 3 aromatic rings. The molecule has 0 saturated carbocycles. The minimum absolute atomic E-state index is 0.0519. The van der Waals surface area contributed by atoms with Crippen molar-refractivity contribution in [2.75, 3.05) is 12.4 Å². The fourth-order valence-corrected chi connectivity index (χ4v) is 3.57. The standard InChI is InChI=1S/C23H25ClN2O5/c1-4-6-13(5-2)22(29)25-23-20(14-7-9-15(30-3)10-8-14)21(26-31-23)16-11-17(24)19(28)12-18(16)27/h7-13,27-28H,4-6H2,1-3H3,(H,25,29). The summed E-state index contributed by atoms with van der Waals surface area (Å²) in [4.78, 5) is 12.8. The van der Waals surface area contributed by atoms with E-state index in [9.17, 15) is 15.0 Å². The first kappa shape index (κ1) is 22.5. The number of carbonyl (C=O) groups excluding carboxylic acids is 1. The van der Waals surface area contributed by atoms with Crippen LogP contribution < -0.4 is 10.1 Å². The van der Waals surface area contributed by atoms with Crippen molar-refractivity contribution in [3.63, 3.8) is 0 Å². The van der Waals surface area contributed by atoms with E-state index >= 15 is 0 Å². The highest BCUT2D eigenvalue weighted by Gasteiger charge is 2.26. The SMILES string of the molecule is CCCC(CC)C(=O)Nc1onc(-c2cc(Cl)c(O)cc2O)c1-c1ccc(OC)cc1. The van der Waals surface area contributed by atoms with Gasteiger partial charge in [0.25, 0.3) is 0 Å². The Bertz CT molecular complexity index is 1060. The van der Waals surface area contributed by atoms with Crippen molar-refractivity contribution in [1.82, 2.24) is 5.16 Å². The van der Waals surface area contributed by atoms with Gasteiger partial charge in [0.05, 0.1) is 17.7 Å². The van der Waals surface area contributed by atoms with Crippen LogP contribution in [0.5, 0.6) is 17.2 Å². The molecule has 1 aromatic heterocycles. The van der Waals surface area contributed by atoms with Crippen LogP contribution in [0.2, 0.25) is 5.02 Å². The van der Waals surface area contributed by atoms with E-state index in [0.717, 1.165) is 18.9 Å².